The summed E-state index contributed by atoms with van der Waals surface area (Å²) in [5.41, 5.74) is 1.04. The van der Waals surface area contributed by atoms with Gasteiger partial charge in [-0.3, -0.25) is 0 Å². The number of hydrogen-bond acceptors (Lipinski definition) is 3. The van der Waals surface area contributed by atoms with Crippen LogP contribution >= 0.6 is 0 Å². The second-order valence-corrected chi connectivity index (χ2v) is 3.70. The third kappa shape index (κ3) is 1.99. The van der Waals surface area contributed by atoms with Crippen molar-refractivity contribution in [3.8, 4) is 11.5 Å². The molecule has 2 N–H and O–H groups in total. The molecule has 1 aromatic rings. The van der Waals surface area contributed by atoms with Crippen LogP contribution in [0, 0.1) is 6.92 Å². The Morgan fingerprint density at radius 1 is 1.50 bits per heavy atom. The molecule has 1 unspecified atom stereocenters. The fourth-order valence-corrected chi connectivity index (χ4v) is 1.64. The summed E-state index contributed by atoms with van der Waals surface area (Å²) in [6.07, 6.45) is 1.21. The third-order valence-corrected chi connectivity index (χ3v) is 2.42. The summed E-state index contributed by atoms with van der Waals surface area (Å²) in [7, 11) is 0. The fourth-order valence-electron chi connectivity index (χ4n) is 1.64. The third-order valence-electron chi connectivity index (χ3n) is 2.42. The first-order valence-electron chi connectivity index (χ1n) is 4.93. The van der Waals surface area contributed by atoms with Crippen LogP contribution in [0.15, 0.2) is 18.2 Å². The van der Waals surface area contributed by atoms with Crippen molar-refractivity contribution in [1.29, 1.82) is 0 Å². The average molecular weight is 193 g/mol. The predicted molar refractivity (Wildman–Crippen MR) is 54.7 cm³/mol. The summed E-state index contributed by atoms with van der Waals surface area (Å²) in [5.74, 6) is 0.821. The Labute approximate surface area is 83.7 Å². The number of ether oxygens (including phenoxy) is 1. The van der Waals surface area contributed by atoms with E-state index in [0.29, 0.717) is 5.75 Å². The fraction of sp³-hybridized carbons (Fsp3) is 0.455. The second kappa shape index (κ2) is 3.88. The summed E-state index contributed by atoms with van der Waals surface area (Å²) in [6, 6.07) is 5.48. The number of nitrogens with one attached hydrogen (secondary N) is 1. The van der Waals surface area contributed by atoms with Gasteiger partial charge in [0.05, 0.1) is 0 Å². The van der Waals surface area contributed by atoms with Crippen molar-refractivity contribution in [2.75, 3.05) is 13.1 Å². The lowest BCUT2D eigenvalue weighted by Gasteiger charge is -2.13. The lowest BCUT2D eigenvalue weighted by molar-refractivity contribution is 0.214. The molecule has 0 saturated carbocycles. The Morgan fingerprint density at radius 2 is 2.36 bits per heavy atom. The van der Waals surface area contributed by atoms with E-state index in [1.54, 1.807) is 6.07 Å². The number of benzene rings is 1. The average Bonchev–Trinajstić information content (AvgIpc) is 2.62. The van der Waals surface area contributed by atoms with Gasteiger partial charge in [-0.2, -0.15) is 0 Å². The van der Waals surface area contributed by atoms with E-state index in [0.717, 1.165) is 25.1 Å². The van der Waals surface area contributed by atoms with Crippen LogP contribution in [-0.2, 0) is 0 Å². The van der Waals surface area contributed by atoms with Gasteiger partial charge in [0.1, 0.15) is 6.10 Å². The Balaban J connectivity index is 2.08. The zero-order chi connectivity index (χ0) is 9.97. The largest absolute Gasteiger partial charge is 0.504 e. The van der Waals surface area contributed by atoms with Gasteiger partial charge in [-0.1, -0.05) is 6.07 Å². The first kappa shape index (κ1) is 9.34. The zero-order valence-electron chi connectivity index (χ0n) is 8.29. The van der Waals surface area contributed by atoms with E-state index in [1.165, 1.54) is 0 Å². The normalized spacial score (nSPS) is 21.1. The highest BCUT2D eigenvalue weighted by molar-refractivity contribution is 5.41. The van der Waals surface area contributed by atoms with Gasteiger partial charge in [0.15, 0.2) is 11.5 Å². The second-order valence-electron chi connectivity index (χ2n) is 3.70. The maximum atomic E-state index is 9.61. The molecule has 1 aromatic carbocycles. The summed E-state index contributed by atoms with van der Waals surface area (Å²) < 4.78 is 5.65. The molecular formula is C11H15NO2. The van der Waals surface area contributed by atoms with Crippen molar-refractivity contribution in [3.05, 3.63) is 23.8 Å². The van der Waals surface area contributed by atoms with Gasteiger partial charge in [0, 0.05) is 6.54 Å². The van der Waals surface area contributed by atoms with Gasteiger partial charge in [-0.15, -0.1) is 0 Å². The molecule has 1 heterocycles. The first-order chi connectivity index (χ1) is 6.75. The standard InChI is InChI=1S/C11H15NO2/c1-8-2-3-11(10(13)6-8)14-9-4-5-12-7-9/h2-3,6,9,12-13H,4-5,7H2,1H3. The molecule has 0 amide bonds. The molecule has 3 nitrogen and oxygen atoms in total. The number of phenols is 1. The van der Waals surface area contributed by atoms with Crippen LogP contribution < -0.4 is 10.1 Å². The molecule has 0 aromatic heterocycles. The Morgan fingerprint density at radius 3 is 3.00 bits per heavy atom. The minimum Gasteiger partial charge on any atom is -0.504 e. The Kier molecular flexibility index (Phi) is 2.59. The highest BCUT2D eigenvalue weighted by Crippen LogP contribution is 2.28. The number of rotatable bonds is 2. The quantitative estimate of drug-likeness (QED) is 0.746. The lowest BCUT2D eigenvalue weighted by atomic mass is 10.2. The summed E-state index contributed by atoms with van der Waals surface area (Å²) in [5, 5.41) is 12.8. The highest BCUT2D eigenvalue weighted by atomic mass is 16.5. The SMILES string of the molecule is Cc1ccc(OC2CCNC2)c(O)c1. The van der Waals surface area contributed by atoms with Crippen LogP contribution in [0.5, 0.6) is 11.5 Å². The van der Waals surface area contributed by atoms with Crippen molar-refractivity contribution in [3.63, 3.8) is 0 Å². The molecule has 1 saturated heterocycles. The van der Waals surface area contributed by atoms with Gasteiger partial charge >= 0.3 is 0 Å². The Bertz CT molecular complexity index is 319. The van der Waals surface area contributed by atoms with Crippen LogP contribution in [0.1, 0.15) is 12.0 Å². The van der Waals surface area contributed by atoms with E-state index in [-0.39, 0.29) is 11.9 Å². The molecular weight excluding hydrogens is 178 g/mol. The predicted octanol–water partition coefficient (Wildman–Crippen LogP) is 1.44. The van der Waals surface area contributed by atoms with Crippen LogP contribution in [0.25, 0.3) is 0 Å². The van der Waals surface area contributed by atoms with E-state index in [4.69, 9.17) is 4.74 Å². The summed E-state index contributed by atoms with van der Waals surface area (Å²) in [4.78, 5) is 0. The number of phenolic OH excluding ortho intramolecular Hbond substituents is 1. The molecule has 14 heavy (non-hydrogen) atoms. The molecule has 1 fully saturated rings. The number of aromatic hydroxyl groups is 1. The molecule has 0 bridgehead atoms. The maximum absolute atomic E-state index is 9.61. The van der Waals surface area contributed by atoms with Crippen molar-refractivity contribution in [2.24, 2.45) is 0 Å². The van der Waals surface area contributed by atoms with E-state index < -0.39 is 0 Å². The Hall–Kier alpha value is -1.22. The lowest BCUT2D eigenvalue weighted by Crippen LogP contribution is -2.19. The topological polar surface area (TPSA) is 41.5 Å². The van der Waals surface area contributed by atoms with Crippen LogP contribution in [-0.4, -0.2) is 24.3 Å². The van der Waals surface area contributed by atoms with Gasteiger partial charge in [-0.05, 0) is 37.6 Å². The van der Waals surface area contributed by atoms with Gasteiger partial charge < -0.3 is 15.2 Å². The molecule has 0 aliphatic carbocycles. The zero-order valence-corrected chi connectivity index (χ0v) is 8.29. The smallest absolute Gasteiger partial charge is 0.161 e. The van der Waals surface area contributed by atoms with Crippen LogP contribution in [0.3, 0.4) is 0 Å². The molecule has 2 rings (SSSR count). The maximum Gasteiger partial charge on any atom is 0.161 e. The van der Waals surface area contributed by atoms with Crippen molar-refractivity contribution < 1.29 is 9.84 Å². The minimum atomic E-state index is 0.198. The molecule has 1 atom stereocenters. The molecule has 0 spiro atoms. The molecule has 1 aliphatic heterocycles. The van der Waals surface area contributed by atoms with Gasteiger partial charge in [0.2, 0.25) is 0 Å². The van der Waals surface area contributed by atoms with Crippen LogP contribution in [0.4, 0.5) is 0 Å². The first-order valence-corrected chi connectivity index (χ1v) is 4.93. The number of aryl methyl sites for hydroxylation is 1. The molecule has 0 radical (unpaired) electrons. The highest BCUT2D eigenvalue weighted by Gasteiger charge is 2.17. The monoisotopic (exact) mass is 193 g/mol. The van der Waals surface area contributed by atoms with Crippen molar-refractivity contribution >= 4 is 0 Å². The summed E-state index contributed by atoms with van der Waals surface area (Å²) in [6.45, 7) is 3.81. The minimum absolute atomic E-state index is 0.198. The van der Waals surface area contributed by atoms with Gasteiger partial charge in [0.25, 0.3) is 0 Å². The van der Waals surface area contributed by atoms with E-state index in [1.807, 2.05) is 19.1 Å². The van der Waals surface area contributed by atoms with E-state index in [2.05, 4.69) is 5.32 Å². The van der Waals surface area contributed by atoms with Crippen molar-refractivity contribution in [1.82, 2.24) is 5.32 Å². The molecule has 3 heteroatoms. The van der Waals surface area contributed by atoms with E-state index >= 15 is 0 Å². The molecule has 1 aliphatic rings. The van der Waals surface area contributed by atoms with E-state index in [9.17, 15) is 5.11 Å². The number of hydrogen-bond donors (Lipinski definition) is 2. The molecule has 76 valence electrons. The van der Waals surface area contributed by atoms with Gasteiger partial charge in [-0.25, -0.2) is 0 Å². The van der Waals surface area contributed by atoms with Crippen molar-refractivity contribution in [2.45, 2.75) is 19.4 Å². The van der Waals surface area contributed by atoms with Crippen LogP contribution in [0.2, 0.25) is 0 Å². The summed E-state index contributed by atoms with van der Waals surface area (Å²) >= 11 is 0.